The van der Waals surface area contributed by atoms with Crippen LogP contribution >= 0.6 is 23.2 Å². The van der Waals surface area contributed by atoms with Crippen LogP contribution in [0.4, 0.5) is 5.69 Å². The van der Waals surface area contributed by atoms with Gasteiger partial charge < -0.3 is 10.6 Å². The van der Waals surface area contributed by atoms with Gasteiger partial charge in [0, 0.05) is 12.2 Å². The van der Waals surface area contributed by atoms with Crippen molar-refractivity contribution in [3.05, 3.63) is 28.2 Å². The summed E-state index contributed by atoms with van der Waals surface area (Å²) in [6, 6.07) is 4.86. The van der Waals surface area contributed by atoms with Gasteiger partial charge in [-0.05, 0) is 43.4 Å². The van der Waals surface area contributed by atoms with Gasteiger partial charge in [-0.2, -0.15) is 0 Å². The van der Waals surface area contributed by atoms with Crippen LogP contribution in [0.1, 0.15) is 33.1 Å². The number of benzene rings is 1. The number of carbonyl (C=O) groups excluding carboxylic acids is 2. The largest absolute Gasteiger partial charge is 0.355 e. The summed E-state index contributed by atoms with van der Waals surface area (Å²) in [5.74, 6) is 0.0409. The fraction of sp³-hybridized carbons (Fsp3) is 0.500. The van der Waals surface area contributed by atoms with E-state index >= 15 is 0 Å². The molecule has 22 heavy (non-hydrogen) atoms. The summed E-state index contributed by atoms with van der Waals surface area (Å²) >= 11 is 11.8. The minimum absolute atomic E-state index is 0.189. The van der Waals surface area contributed by atoms with Gasteiger partial charge in [0.25, 0.3) is 0 Å². The minimum Gasteiger partial charge on any atom is -0.355 e. The summed E-state index contributed by atoms with van der Waals surface area (Å²) < 4.78 is 0. The highest BCUT2D eigenvalue weighted by molar-refractivity contribution is 6.42. The third-order valence-corrected chi connectivity index (χ3v) is 4.54. The molecule has 1 saturated carbocycles. The molecule has 0 unspecified atom stereocenters. The SMILES string of the molecule is CC(C)CCNC(=O)C1(C(=O)Nc2ccc(Cl)c(Cl)c2)CC1. The normalized spacial score (nSPS) is 15.5. The van der Waals surface area contributed by atoms with Crippen molar-refractivity contribution in [2.24, 2.45) is 11.3 Å². The number of hydrogen-bond acceptors (Lipinski definition) is 2. The van der Waals surface area contributed by atoms with Crippen molar-refractivity contribution in [2.75, 3.05) is 11.9 Å². The number of rotatable bonds is 6. The summed E-state index contributed by atoms with van der Waals surface area (Å²) in [5, 5.41) is 6.40. The van der Waals surface area contributed by atoms with Crippen LogP contribution in [0.5, 0.6) is 0 Å². The number of anilines is 1. The lowest BCUT2D eigenvalue weighted by atomic mass is 10.0. The van der Waals surface area contributed by atoms with E-state index in [1.165, 1.54) is 0 Å². The Morgan fingerprint density at radius 2 is 1.86 bits per heavy atom. The van der Waals surface area contributed by atoms with E-state index in [0.29, 0.717) is 41.0 Å². The zero-order valence-corrected chi connectivity index (χ0v) is 14.2. The van der Waals surface area contributed by atoms with E-state index < -0.39 is 5.41 Å². The van der Waals surface area contributed by atoms with E-state index in [2.05, 4.69) is 24.5 Å². The van der Waals surface area contributed by atoms with Crippen molar-refractivity contribution in [1.29, 1.82) is 0 Å². The lowest BCUT2D eigenvalue weighted by Crippen LogP contribution is -2.40. The second kappa shape index (κ2) is 6.88. The Morgan fingerprint density at radius 3 is 2.41 bits per heavy atom. The minimum atomic E-state index is -0.927. The predicted octanol–water partition coefficient (Wildman–Crippen LogP) is 3.87. The first-order chi connectivity index (χ1) is 10.3. The number of carbonyl (C=O) groups is 2. The maximum absolute atomic E-state index is 12.4. The molecule has 2 amide bonds. The Kier molecular flexibility index (Phi) is 5.35. The first kappa shape index (κ1) is 17.1. The van der Waals surface area contributed by atoms with Gasteiger partial charge in [-0.3, -0.25) is 9.59 Å². The Morgan fingerprint density at radius 1 is 1.18 bits per heavy atom. The molecule has 0 aliphatic heterocycles. The van der Waals surface area contributed by atoms with E-state index in [4.69, 9.17) is 23.2 Å². The summed E-state index contributed by atoms with van der Waals surface area (Å²) in [7, 11) is 0. The van der Waals surface area contributed by atoms with Gasteiger partial charge in [0.15, 0.2) is 0 Å². The number of halogens is 2. The molecule has 0 spiro atoms. The van der Waals surface area contributed by atoms with E-state index in [9.17, 15) is 9.59 Å². The van der Waals surface area contributed by atoms with Gasteiger partial charge >= 0.3 is 0 Å². The molecule has 2 N–H and O–H groups in total. The third kappa shape index (κ3) is 3.93. The molecule has 1 fully saturated rings. The third-order valence-electron chi connectivity index (χ3n) is 3.80. The molecular formula is C16H20Cl2N2O2. The molecule has 4 nitrogen and oxygen atoms in total. The maximum atomic E-state index is 12.4. The quantitative estimate of drug-likeness (QED) is 0.771. The van der Waals surface area contributed by atoms with E-state index in [1.54, 1.807) is 18.2 Å². The van der Waals surface area contributed by atoms with Crippen molar-refractivity contribution in [3.63, 3.8) is 0 Å². The van der Waals surface area contributed by atoms with Gasteiger partial charge in [0.1, 0.15) is 5.41 Å². The first-order valence-electron chi connectivity index (χ1n) is 7.40. The van der Waals surface area contributed by atoms with Crippen molar-refractivity contribution in [2.45, 2.75) is 33.1 Å². The highest BCUT2D eigenvalue weighted by Crippen LogP contribution is 2.47. The summed E-state index contributed by atoms with van der Waals surface area (Å²) in [6.07, 6.45) is 2.05. The second-order valence-corrected chi connectivity index (χ2v) is 6.92. The van der Waals surface area contributed by atoms with Gasteiger partial charge in [-0.1, -0.05) is 37.0 Å². The summed E-state index contributed by atoms with van der Waals surface area (Å²) in [4.78, 5) is 24.6. The van der Waals surface area contributed by atoms with Crippen LogP contribution in [0.15, 0.2) is 18.2 Å². The summed E-state index contributed by atoms with van der Waals surface area (Å²) in [5.41, 5.74) is -0.385. The molecule has 1 aliphatic carbocycles. The molecule has 2 rings (SSSR count). The standard InChI is InChI=1S/C16H20Cl2N2O2/c1-10(2)5-8-19-14(21)16(6-7-16)15(22)20-11-3-4-12(17)13(18)9-11/h3-4,9-10H,5-8H2,1-2H3,(H,19,21)(H,20,22). The molecule has 6 heteroatoms. The van der Waals surface area contributed by atoms with E-state index in [1.807, 2.05) is 0 Å². The molecular weight excluding hydrogens is 323 g/mol. The van der Waals surface area contributed by atoms with Crippen LogP contribution in [-0.2, 0) is 9.59 Å². The maximum Gasteiger partial charge on any atom is 0.240 e. The molecule has 0 radical (unpaired) electrons. The number of amides is 2. The zero-order chi connectivity index (χ0) is 16.3. The molecule has 1 aromatic rings. The van der Waals surface area contributed by atoms with Crippen LogP contribution in [0.25, 0.3) is 0 Å². The Balaban J connectivity index is 1.96. The lowest BCUT2D eigenvalue weighted by molar-refractivity contribution is -0.134. The molecule has 1 aromatic carbocycles. The van der Waals surface area contributed by atoms with Crippen LogP contribution in [0.2, 0.25) is 10.0 Å². The number of hydrogen-bond donors (Lipinski definition) is 2. The highest BCUT2D eigenvalue weighted by atomic mass is 35.5. The fourth-order valence-corrected chi connectivity index (χ4v) is 2.45. The molecule has 120 valence electrons. The average Bonchev–Trinajstić information content (AvgIpc) is 3.24. The Bertz CT molecular complexity index is 584. The molecule has 0 atom stereocenters. The first-order valence-corrected chi connectivity index (χ1v) is 8.15. The summed E-state index contributed by atoms with van der Waals surface area (Å²) in [6.45, 7) is 4.78. The van der Waals surface area contributed by atoms with E-state index in [0.717, 1.165) is 6.42 Å². The Hall–Kier alpha value is -1.26. The van der Waals surface area contributed by atoms with E-state index in [-0.39, 0.29) is 11.8 Å². The molecule has 0 heterocycles. The fourth-order valence-electron chi connectivity index (χ4n) is 2.15. The number of nitrogens with one attached hydrogen (secondary N) is 2. The smallest absolute Gasteiger partial charge is 0.240 e. The van der Waals surface area contributed by atoms with Crippen molar-refractivity contribution >= 4 is 40.7 Å². The lowest BCUT2D eigenvalue weighted by Gasteiger charge is -2.16. The van der Waals surface area contributed by atoms with Crippen LogP contribution in [0.3, 0.4) is 0 Å². The van der Waals surface area contributed by atoms with Crippen molar-refractivity contribution in [3.8, 4) is 0 Å². The molecule has 1 aliphatic rings. The zero-order valence-electron chi connectivity index (χ0n) is 12.7. The van der Waals surface area contributed by atoms with Gasteiger partial charge in [0.05, 0.1) is 10.0 Å². The Labute approximate surface area is 140 Å². The predicted molar refractivity (Wildman–Crippen MR) is 89.2 cm³/mol. The average molecular weight is 343 g/mol. The molecule has 0 bridgehead atoms. The topological polar surface area (TPSA) is 58.2 Å². The second-order valence-electron chi connectivity index (χ2n) is 6.10. The molecule has 0 saturated heterocycles. The van der Waals surface area contributed by atoms with Crippen LogP contribution in [0, 0.1) is 11.3 Å². The van der Waals surface area contributed by atoms with Gasteiger partial charge in [-0.15, -0.1) is 0 Å². The van der Waals surface area contributed by atoms with Crippen LogP contribution in [-0.4, -0.2) is 18.4 Å². The van der Waals surface area contributed by atoms with Crippen molar-refractivity contribution < 1.29 is 9.59 Å². The van der Waals surface area contributed by atoms with Crippen molar-refractivity contribution in [1.82, 2.24) is 5.32 Å². The molecule has 0 aromatic heterocycles. The van der Waals surface area contributed by atoms with Crippen LogP contribution < -0.4 is 10.6 Å². The van der Waals surface area contributed by atoms with Gasteiger partial charge in [0.2, 0.25) is 11.8 Å². The monoisotopic (exact) mass is 342 g/mol. The highest BCUT2D eigenvalue weighted by Gasteiger charge is 2.56. The van der Waals surface area contributed by atoms with Gasteiger partial charge in [-0.25, -0.2) is 0 Å².